The zero-order chi connectivity index (χ0) is 14.1. The Bertz CT molecular complexity index is 664. The van der Waals surface area contributed by atoms with Gasteiger partial charge in [-0.15, -0.1) is 0 Å². The molecule has 4 nitrogen and oxygen atoms in total. The van der Waals surface area contributed by atoms with Crippen LogP contribution < -0.4 is 20.5 Å². The van der Waals surface area contributed by atoms with Gasteiger partial charge in [0.25, 0.3) is 0 Å². The molecule has 3 N–H and O–H groups in total. The Labute approximate surface area is 129 Å². The number of hydrogen-bond acceptors (Lipinski definition) is 4. The minimum atomic E-state index is -0.306. The Kier molecular flexibility index (Phi) is 3.56. The van der Waals surface area contributed by atoms with Gasteiger partial charge in [-0.2, -0.15) is 0 Å². The van der Waals surface area contributed by atoms with E-state index in [-0.39, 0.29) is 5.82 Å². The van der Waals surface area contributed by atoms with Gasteiger partial charge in [0.2, 0.25) is 0 Å². The van der Waals surface area contributed by atoms with Crippen molar-refractivity contribution in [2.45, 2.75) is 0 Å². The molecule has 3 rings (SSSR count). The summed E-state index contributed by atoms with van der Waals surface area (Å²) in [6, 6.07) is 8.44. The Balaban J connectivity index is 1.89. The van der Waals surface area contributed by atoms with Crippen LogP contribution in [-0.2, 0) is 0 Å². The number of benzene rings is 2. The van der Waals surface area contributed by atoms with E-state index in [4.69, 9.17) is 15.2 Å². The monoisotopic (exact) mass is 386 g/mol. The minimum Gasteiger partial charge on any atom is -0.486 e. The SMILES string of the molecule is Nc1cc(I)c(F)cc1Nc1ccc2c(c1)OCCO2. The maximum Gasteiger partial charge on any atom is 0.163 e. The predicted molar refractivity (Wildman–Crippen MR) is 84.2 cm³/mol. The second-order valence-electron chi connectivity index (χ2n) is 4.34. The van der Waals surface area contributed by atoms with Gasteiger partial charge in [0.1, 0.15) is 19.0 Å². The molecule has 1 aliphatic heterocycles. The van der Waals surface area contributed by atoms with Crippen molar-refractivity contribution in [1.82, 2.24) is 0 Å². The number of anilines is 3. The lowest BCUT2D eigenvalue weighted by Crippen LogP contribution is -2.15. The van der Waals surface area contributed by atoms with Crippen LogP contribution in [0.25, 0.3) is 0 Å². The first-order chi connectivity index (χ1) is 9.63. The van der Waals surface area contributed by atoms with Crippen LogP contribution in [0.4, 0.5) is 21.5 Å². The van der Waals surface area contributed by atoms with E-state index in [0.717, 1.165) is 5.69 Å². The van der Waals surface area contributed by atoms with Crippen molar-refractivity contribution in [3.63, 3.8) is 0 Å². The molecule has 0 saturated carbocycles. The molecule has 2 aromatic carbocycles. The van der Waals surface area contributed by atoms with Crippen LogP contribution in [0.1, 0.15) is 0 Å². The third kappa shape index (κ3) is 2.60. The molecule has 0 unspecified atom stereocenters. The molecule has 104 valence electrons. The number of nitrogens with two attached hydrogens (primary N) is 1. The van der Waals surface area contributed by atoms with Crippen molar-refractivity contribution in [2.24, 2.45) is 0 Å². The van der Waals surface area contributed by atoms with Gasteiger partial charge in [-0.05, 0) is 40.8 Å². The molecule has 0 bridgehead atoms. The zero-order valence-corrected chi connectivity index (χ0v) is 12.6. The van der Waals surface area contributed by atoms with E-state index < -0.39 is 0 Å². The Morgan fingerprint density at radius 3 is 2.65 bits per heavy atom. The largest absolute Gasteiger partial charge is 0.486 e. The topological polar surface area (TPSA) is 56.5 Å². The van der Waals surface area contributed by atoms with Crippen molar-refractivity contribution in [3.8, 4) is 11.5 Å². The second kappa shape index (κ2) is 5.35. The molecule has 0 radical (unpaired) electrons. The third-order valence-corrected chi connectivity index (χ3v) is 3.74. The summed E-state index contributed by atoms with van der Waals surface area (Å²) in [4.78, 5) is 0. The molecule has 6 heteroatoms. The minimum absolute atomic E-state index is 0.306. The third-order valence-electron chi connectivity index (χ3n) is 2.91. The molecule has 0 aromatic heterocycles. The van der Waals surface area contributed by atoms with Gasteiger partial charge in [0, 0.05) is 17.8 Å². The van der Waals surface area contributed by atoms with E-state index in [0.29, 0.717) is 39.7 Å². The molecule has 0 spiro atoms. The summed E-state index contributed by atoms with van der Waals surface area (Å²) in [5.74, 6) is 1.08. The summed E-state index contributed by atoms with van der Waals surface area (Å²) in [6.07, 6.45) is 0. The Morgan fingerprint density at radius 2 is 1.85 bits per heavy atom. The summed E-state index contributed by atoms with van der Waals surface area (Å²) in [7, 11) is 0. The first-order valence-electron chi connectivity index (χ1n) is 6.04. The predicted octanol–water partition coefficient (Wildman–Crippen LogP) is 3.53. The average molecular weight is 386 g/mol. The smallest absolute Gasteiger partial charge is 0.163 e. The first kappa shape index (κ1) is 13.3. The number of rotatable bonds is 2. The van der Waals surface area contributed by atoms with Crippen molar-refractivity contribution in [3.05, 3.63) is 39.7 Å². The van der Waals surface area contributed by atoms with Crippen molar-refractivity contribution in [1.29, 1.82) is 0 Å². The van der Waals surface area contributed by atoms with E-state index in [1.165, 1.54) is 6.07 Å². The number of hydrogen-bond donors (Lipinski definition) is 2. The van der Waals surface area contributed by atoms with Crippen LogP contribution >= 0.6 is 22.6 Å². The van der Waals surface area contributed by atoms with Gasteiger partial charge >= 0.3 is 0 Å². The fraction of sp³-hybridized carbons (Fsp3) is 0.143. The highest BCUT2D eigenvalue weighted by molar-refractivity contribution is 14.1. The molecular weight excluding hydrogens is 374 g/mol. The number of halogens is 2. The summed E-state index contributed by atoms with van der Waals surface area (Å²) in [5, 5.41) is 3.09. The lowest BCUT2D eigenvalue weighted by Gasteiger charge is -2.19. The molecule has 2 aromatic rings. The number of fused-ring (bicyclic) bond motifs is 1. The van der Waals surface area contributed by atoms with Crippen LogP contribution in [-0.4, -0.2) is 13.2 Å². The second-order valence-corrected chi connectivity index (χ2v) is 5.50. The van der Waals surface area contributed by atoms with Gasteiger partial charge < -0.3 is 20.5 Å². The van der Waals surface area contributed by atoms with E-state index in [2.05, 4.69) is 5.32 Å². The fourth-order valence-corrected chi connectivity index (χ4v) is 2.44. The van der Waals surface area contributed by atoms with Crippen LogP contribution in [0.2, 0.25) is 0 Å². The summed E-state index contributed by atoms with van der Waals surface area (Å²) < 4.78 is 25.0. The van der Waals surface area contributed by atoms with E-state index in [9.17, 15) is 4.39 Å². The lowest BCUT2D eigenvalue weighted by atomic mass is 10.2. The molecule has 20 heavy (non-hydrogen) atoms. The van der Waals surface area contributed by atoms with Gasteiger partial charge in [-0.25, -0.2) is 4.39 Å². The van der Waals surface area contributed by atoms with Gasteiger partial charge in [-0.1, -0.05) is 0 Å². The van der Waals surface area contributed by atoms with Gasteiger partial charge in [0.05, 0.1) is 14.9 Å². The first-order valence-corrected chi connectivity index (χ1v) is 7.12. The zero-order valence-electron chi connectivity index (χ0n) is 10.5. The normalized spacial score (nSPS) is 13.1. The Hall–Kier alpha value is -1.70. The van der Waals surface area contributed by atoms with E-state index >= 15 is 0 Å². The van der Waals surface area contributed by atoms with Crippen LogP contribution in [0.3, 0.4) is 0 Å². The lowest BCUT2D eigenvalue weighted by molar-refractivity contribution is 0.171. The van der Waals surface area contributed by atoms with Crippen LogP contribution in [0.15, 0.2) is 30.3 Å². The number of nitrogens with one attached hydrogen (secondary N) is 1. The van der Waals surface area contributed by atoms with Gasteiger partial charge in [0.15, 0.2) is 11.5 Å². The summed E-state index contributed by atoms with van der Waals surface area (Å²) in [6.45, 7) is 1.08. The van der Waals surface area contributed by atoms with Crippen LogP contribution in [0, 0.1) is 9.39 Å². The van der Waals surface area contributed by atoms with Crippen molar-refractivity contribution in [2.75, 3.05) is 24.3 Å². The van der Waals surface area contributed by atoms with Gasteiger partial charge in [-0.3, -0.25) is 0 Å². The van der Waals surface area contributed by atoms with Crippen LogP contribution in [0.5, 0.6) is 11.5 Å². The van der Waals surface area contributed by atoms with E-state index in [1.54, 1.807) is 6.07 Å². The molecule has 1 heterocycles. The molecule has 0 atom stereocenters. The number of nitrogen functional groups attached to an aromatic ring is 1. The molecular formula is C14H12FIN2O2. The fourth-order valence-electron chi connectivity index (χ4n) is 1.95. The van der Waals surface area contributed by atoms with E-state index in [1.807, 2.05) is 40.8 Å². The molecule has 0 aliphatic carbocycles. The quantitative estimate of drug-likeness (QED) is 0.613. The molecule has 1 aliphatic rings. The highest BCUT2D eigenvalue weighted by atomic mass is 127. The maximum absolute atomic E-state index is 13.6. The average Bonchev–Trinajstić information content (AvgIpc) is 2.44. The highest BCUT2D eigenvalue weighted by Crippen LogP contribution is 2.35. The van der Waals surface area contributed by atoms with Crippen molar-refractivity contribution >= 4 is 39.7 Å². The summed E-state index contributed by atoms with van der Waals surface area (Å²) >= 11 is 1.91. The maximum atomic E-state index is 13.6. The highest BCUT2D eigenvalue weighted by Gasteiger charge is 2.12. The van der Waals surface area contributed by atoms with Crippen molar-refractivity contribution < 1.29 is 13.9 Å². The molecule has 0 saturated heterocycles. The Morgan fingerprint density at radius 1 is 1.10 bits per heavy atom. The standard InChI is InChI=1S/C14H12FIN2O2/c15-9-6-12(11(17)7-10(9)16)18-8-1-2-13-14(5-8)20-4-3-19-13/h1-2,5-7,18H,3-4,17H2. The summed E-state index contributed by atoms with van der Waals surface area (Å²) in [5.41, 5.74) is 7.67. The molecule has 0 fully saturated rings. The molecule has 0 amide bonds. The number of ether oxygens (including phenoxy) is 2.